The van der Waals surface area contributed by atoms with Gasteiger partial charge in [-0.05, 0) is 37.4 Å². The summed E-state index contributed by atoms with van der Waals surface area (Å²) in [5, 5.41) is 5.82. The molecule has 4 rings (SSSR count). The molecule has 0 atom stereocenters. The fraction of sp³-hybridized carbons (Fsp3) is 0.111. The van der Waals surface area contributed by atoms with Gasteiger partial charge in [0.05, 0.1) is 32.4 Å². The largest absolute Gasteiger partial charge is 0.461 e. The summed E-state index contributed by atoms with van der Waals surface area (Å²) < 4.78 is 6.06. The van der Waals surface area contributed by atoms with Crippen molar-refractivity contribution in [3.05, 3.63) is 51.5 Å². The highest BCUT2D eigenvalue weighted by atomic mass is 35.5. The van der Waals surface area contributed by atoms with Crippen molar-refractivity contribution in [2.75, 3.05) is 11.6 Å². The van der Waals surface area contributed by atoms with Crippen molar-refractivity contribution >= 4 is 57.1 Å². The zero-order chi connectivity index (χ0) is 19.7. The van der Waals surface area contributed by atoms with E-state index in [2.05, 4.69) is 20.3 Å². The molecular formula is C18H13ClN4O2S3. The molecule has 0 spiro atoms. The van der Waals surface area contributed by atoms with Crippen molar-refractivity contribution in [1.82, 2.24) is 15.0 Å². The molecule has 28 heavy (non-hydrogen) atoms. The minimum atomic E-state index is -0.294. The highest BCUT2D eigenvalue weighted by Crippen LogP contribution is 2.33. The van der Waals surface area contributed by atoms with Crippen LogP contribution in [0.15, 0.2) is 45.4 Å². The topological polar surface area (TPSA) is 80.9 Å². The van der Waals surface area contributed by atoms with Crippen molar-refractivity contribution in [3.8, 4) is 22.2 Å². The lowest BCUT2D eigenvalue weighted by atomic mass is 10.2. The summed E-state index contributed by atoms with van der Waals surface area (Å²) in [4.78, 5) is 27.2. The normalized spacial score (nSPS) is 11.0. The molecule has 142 valence electrons. The monoisotopic (exact) mass is 448 g/mol. The Morgan fingerprint density at radius 1 is 1.25 bits per heavy atom. The number of amides is 1. The van der Waals surface area contributed by atoms with Gasteiger partial charge in [-0.25, -0.2) is 15.0 Å². The van der Waals surface area contributed by atoms with E-state index < -0.39 is 0 Å². The third-order valence-corrected chi connectivity index (χ3v) is 6.46. The standard InChI is InChI=1S/C18H13ClN4O2S3/c1-9-14(17(26-2)22-15(20-9)11-4-3-7-25-11)16(24)23-18-21-10(8-27-18)12-5-6-13(19)28-12/h3-8H,1-2H3,(H,21,23,24). The first kappa shape index (κ1) is 19.1. The van der Waals surface area contributed by atoms with Gasteiger partial charge in [-0.3, -0.25) is 10.1 Å². The lowest BCUT2D eigenvalue weighted by Crippen LogP contribution is -2.16. The van der Waals surface area contributed by atoms with Gasteiger partial charge in [-0.2, -0.15) is 0 Å². The number of carbonyl (C=O) groups excluding carboxylic acids is 1. The van der Waals surface area contributed by atoms with Crippen LogP contribution in [0, 0.1) is 6.92 Å². The number of anilines is 1. The molecule has 10 heteroatoms. The Morgan fingerprint density at radius 3 is 2.79 bits per heavy atom. The Balaban J connectivity index is 1.60. The molecule has 0 saturated heterocycles. The van der Waals surface area contributed by atoms with E-state index in [9.17, 15) is 4.79 Å². The third-order valence-electron chi connectivity index (χ3n) is 3.77. The van der Waals surface area contributed by atoms with Crippen LogP contribution in [0.2, 0.25) is 4.34 Å². The van der Waals surface area contributed by atoms with Gasteiger partial charge in [0, 0.05) is 5.38 Å². The first-order valence-electron chi connectivity index (χ1n) is 8.04. The Labute approximate surface area is 178 Å². The van der Waals surface area contributed by atoms with Crippen molar-refractivity contribution in [3.63, 3.8) is 0 Å². The van der Waals surface area contributed by atoms with Crippen LogP contribution in [-0.4, -0.2) is 27.1 Å². The molecule has 4 heterocycles. The van der Waals surface area contributed by atoms with E-state index in [-0.39, 0.29) is 5.91 Å². The number of thioether (sulfide) groups is 1. The van der Waals surface area contributed by atoms with Crippen molar-refractivity contribution in [2.24, 2.45) is 0 Å². The minimum absolute atomic E-state index is 0.294. The van der Waals surface area contributed by atoms with Gasteiger partial charge in [0.1, 0.15) is 5.03 Å². The summed E-state index contributed by atoms with van der Waals surface area (Å²) in [6, 6.07) is 7.29. The average Bonchev–Trinajstić information content (AvgIpc) is 3.42. The van der Waals surface area contributed by atoms with Gasteiger partial charge in [-0.1, -0.05) is 11.6 Å². The minimum Gasteiger partial charge on any atom is -0.461 e. The fourth-order valence-electron chi connectivity index (χ4n) is 2.53. The highest BCUT2D eigenvalue weighted by Gasteiger charge is 2.21. The van der Waals surface area contributed by atoms with E-state index in [1.165, 1.54) is 34.4 Å². The predicted octanol–water partition coefficient (Wildman–Crippen LogP) is 5.86. The molecule has 4 aromatic heterocycles. The first-order chi connectivity index (χ1) is 13.5. The maximum absolute atomic E-state index is 12.9. The number of thiazole rings is 1. The van der Waals surface area contributed by atoms with E-state index in [1.54, 1.807) is 25.3 Å². The van der Waals surface area contributed by atoms with E-state index >= 15 is 0 Å². The first-order valence-corrected chi connectivity index (χ1v) is 11.3. The van der Waals surface area contributed by atoms with Crippen LogP contribution in [0.3, 0.4) is 0 Å². The van der Waals surface area contributed by atoms with E-state index in [0.717, 1.165) is 10.6 Å². The Kier molecular flexibility index (Phi) is 5.49. The number of thiophene rings is 1. The van der Waals surface area contributed by atoms with Crippen LogP contribution in [0.5, 0.6) is 0 Å². The van der Waals surface area contributed by atoms with Crippen molar-refractivity contribution in [2.45, 2.75) is 11.9 Å². The van der Waals surface area contributed by atoms with Crippen LogP contribution < -0.4 is 5.32 Å². The van der Waals surface area contributed by atoms with Crippen molar-refractivity contribution in [1.29, 1.82) is 0 Å². The van der Waals surface area contributed by atoms with Crippen LogP contribution in [-0.2, 0) is 0 Å². The molecule has 0 aromatic carbocycles. The summed E-state index contributed by atoms with van der Waals surface area (Å²) in [5.41, 5.74) is 1.78. The summed E-state index contributed by atoms with van der Waals surface area (Å²) in [5.74, 6) is 0.719. The predicted molar refractivity (Wildman–Crippen MR) is 115 cm³/mol. The highest BCUT2D eigenvalue weighted by molar-refractivity contribution is 7.98. The molecule has 4 aromatic rings. The van der Waals surface area contributed by atoms with Gasteiger partial charge in [0.15, 0.2) is 16.7 Å². The number of halogens is 1. The zero-order valence-electron chi connectivity index (χ0n) is 14.7. The quantitative estimate of drug-likeness (QED) is 0.304. The van der Waals surface area contributed by atoms with Gasteiger partial charge in [-0.15, -0.1) is 34.4 Å². The molecule has 0 saturated carbocycles. The smallest absolute Gasteiger partial charge is 0.262 e. The number of aryl methyl sites for hydroxylation is 1. The molecule has 0 aliphatic carbocycles. The second kappa shape index (κ2) is 8.04. The van der Waals surface area contributed by atoms with Crippen LogP contribution in [0.4, 0.5) is 5.13 Å². The summed E-state index contributed by atoms with van der Waals surface area (Å²) in [6.07, 6.45) is 3.43. The number of aromatic nitrogens is 3. The Bertz CT molecular complexity index is 1140. The van der Waals surface area contributed by atoms with Crippen LogP contribution >= 0.6 is 46.0 Å². The molecule has 1 amide bonds. The van der Waals surface area contributed by atoms with Gasteiger partial charge in [0.25, 0.3) is 5.91 Å². The lowest BCUT2D eigenvalue weighted by Gasteiger charge is -2.10. The SMILES string of the molecule is CSc1nc(-c2ccco2)nc(C)c1C(=O)Nc1nc(-c2ccc(Cl)s2)cs1. The zero-order valence-corrected chi connectivity index (χ0v) is 17.9. The fourth-order valence-corrected chi connectivity index (χ4v) is 4.93. The molecule has 0 aliphatic rings. The molecular weight excluding hydrogens is 436 g/mol. The van der Waals surface area contributed by atoms with Gasteiger partial charge < -0.3 is 4.42 Å². The molecule has 0 fully saturated rings. The van der Waals surface area contributed by atoms with E-state index in [4.69, 9.17) is 16.0 Å². The number of hydrogen-bond donors (Lipinski definition) is 1. The van der Waals surface area contributed by atoms with Gasteiger partial charge in [0.2, 0.25) is 0 Å². The Hall–Kier alpha value is -2.20. The number of nitrogens with zero attached hydrogens (tertiary/aromatic N) is 3. The molecule has 0 radical (unpaired) electrons. The van der Waals surface area contributed by atoms with E-state index in [1.807, 2.05) is 23.8 Å². The summed E-state index contributed by atoms with van der Waals surface area (Å²) in [6.45, 7) is 1.78. The number of carbonyl (C=O) groups is 1. The third kappa shape index (κ3) is 3.83. The number of furan rings is 1. The molecule has 0 unspecified atom stereocenters. The van der Waals surface area contributed by atoms with Gasteiger partial charge >= 0.3 is 0 Å². The van der Waals surface area contributed by atoms with Crippen LogP contribution in [0.1, 0.15) is 16.1 Å². The van der Waals surface area contributed by atoms with Crippen LogP contribution in [0.25, 0.3) is 22.2 Å². The van der Waals surface area contributed by atoms with Crippen molar-refractivity contribution < 1.29 is 9.21 Å². The maximum atomic E-state index is 12.9. The Morgan fingerprint density at radius 2 is 2.11 bits per heavy atom. The molecule has 6 nitrogen and oxygen atoms in total. The van der Waals surface area contributed by atoms with E-state index in [0.29, 0.717) is 37.3 Å². The second-order valence-electron chi connectivity index (χ2n) is 5.59. The number of nitrogens with one attached hydrogen (secondary N) is 1. The second-order valence-corrected chi connectivity index (χ2v) is 8.96. The lowest BCUT2D eigenvalue weighted by molar-refractivity contribution is 0.102. The average molecular weight is 449 g/mol. The molecule has 0 bridgehead atoms. The number of rotatable bonds is 5. The number of hydrogen-bond acceptors (Lipinski definition) is 8. The maximum Gasteiger partial charge on any atom is 0.262 e. The molecule has 1 N–H and O–H groups in total. The summed E-state index contributed by atoms with van der Waals surface area (Å²) >= 11 is 10.2. The molecule has 0 aliphatic heterocycles. The summed E-state index contributed by atoms with van der Waals surface area (Å²) in [7, 11) is 0.